The molecule has 0 bridgehead atoms. The second-order valence-electron chi connectivity index (χ2n) is 5.13. The fraction of sp³-hybridized carbons (Fsp3) is 0.692. The van der Waals surface area contributed by atoms with Crippen LogP contribution in [0.1, 0.15) is 19.3 Å². The van der Waals surface area contributed by atoms with Crippen LogP contribution in [0.25, 0.3) is 0 Å². The van der Waals surface area contributed by atoms with Crippen molar-refractivity contribution in [2.24, 2.45) is 0 Å². The third kappa shape index (κ3) is 2.90. The zero-order valence-corrected chi connectivity index (χ0v) is 11.9. The summed E-state index contributed by atoms with van der Waals surface area (Å²) >= 11 is 1.67. The van der Waals surface area contributed by atoms with E-state index in [4.69, 9.17) is 0 Å². The van der Waals surface area contributed by atoms with Crippen molar-refractivity contribution < 1.29 is 4.79 Å². The molecule has 1 atom stereocenters. The summed E-state index contributed by atoms with van der Waals surface area (Å²) in [6.07, 6.45) is 5.19. The van der Waals surface area contributed by atoms with E-state index in [-0.39, 0.29) is 6.04 Å². The van der Waals surface area contributed by atoms with Crippen LogP contribution in [0.15, 0.2) is 11.6 Å². The van der Waals surface area contributed by atoms with Crippen LogP contribution < -0.4 is 10.2 Å². The first-order chi connectivity index (χ1) is 9.34. The molecule has 19 heavy (non-hydrogen) atoms. The Balaban J connectivity index is 1.53. The van der Waals surface area contributed by atoms with Gasteiger partial charge in [0.1, 0.15) is 0 Å². The van der Waals surface area contributed by atoms with Gasteiger partial charge in [-0.05, 0) is 19.4 Å². The zero-order valence-electron chi connectivity index (χ0n) is 11.0. The van der Waals surface area contributed by atoms with Gasteiger partial charge in [0.15, 0.2) is 5.13 Å². The Morgan fingerprint density at radius 1 is 1.32 bits per heavy atom. The summed E-state index contributed by atoms with van der Waals surface area (Å²) in [5.74, 6) is 0.290. The van der Waals surface area contributed by atoms with E-state index in [0.717, 1.165) is 44.3 Å². The number of thiazole rings is 1. The van der Waals surface area contributed by atoms with E-state index in [0.29, 0.717) is 5.91 Å². The van der Waals surface area contributed by atoms with Crippen LogP contribution in [-0.4, -0.2) is 54.6 Å². The minimum atomic E-state index is 0.0557. The third-order valence-electron chi connectivity index (χ3n) is 3.89. The van der Waals surface area contributed by atoms with Crippen molar-refractivity contribution in [3.8, 4) is 0 Å². The molecule has 0 saturated carbocycles. The van der Waals surface area contributed by atoms with Crippen molar-refractivity contribution in [3.05, 3.63) is 11.6 Å². The van der Waals surface area contributed by atoms with Gasteiger partial charge < -0.3 is 15.1 Å². The lowest BCUT2D eigenvalue weighted by atomic mass is 10.0. The maximum absolute atomic E-state index is 12.4. The van der Waals surface area contributed by atoms with Crippen LogP contribution in [0.4, 0.5) is 5.13 Å². The summed E-state index contributed by atoms with van der Waals surface area (Å²) in [5, 5.41) is 6.41. The number of carbonyl (C=O) groups excluding carboxylic acids is 1. The number of nitrogens with one attached hydrogen (secondary N) is 1. The molecule has 2 saturated heterocycles. The molecule has 0 radical (unpaired) electrons. The Morgan fingerprint density at radius 2 is 2.16 bits per heavy atom. The number of piperidine rings is 1. The van der Waals surface area contributed by atoms with Crippen LogP contribution in [-0.2, 0) is 4.79 Å². The summed E-state index contributed by atoms with van der Waals surface area (Å²) < 4.78 is 0. The van der Waals surface area contributed by atoms with Crippen molar-refractivity contribution in [3.63, 3.8) is 0 Å². The van der Waals surface area contributed by atoms with Crippen molar-refractivity contribution in [2.45, 2.75) is 25.3 Å². The molecule has 2 fully saturated rings. The highest BCUT2D eigenvalue weighted by Gasteiger charge is 2.28. The molecule has 5 nitrogen and oxygen atoms in total. The molecule has 3 rings (SSSR count). The Morgan fingerprint density at radius 3 is 2.79 bits per heavy atom. The molecule has 6 heteroatoms. The van der Waals surface area contributed by atoms with E-state index in [2.05, 4.69) is 15.2 Å². The van der Waals surface area contributed by atoms with Crippen molar-refractivity contribution in [1.82, 2.24) is 15.2 Å². The van der Waals surface area contributed by atoms with E-state index in [9.17, 15) is 4.79 Å². The molecule has 0 unspecified atom stereocenters. The normalized spacial score (nSPS) is 24.5. The van der Waals surface area contributed by atoms with Crippen molar-refractivity contribution >= 4 is 22.4 Å². The molecular formula is C13H20N4OS. The summed E-state index contributed by atoms with van der Waals surface area (Å²) in [7, 11) is 0. The molecular weight excluding hydrogens is 260 g/mol. The van der Waals surface area contributed by atoms with Gasteiger partial charge in [0.05, 0.1) is 6.04 Å². The van der Waals surface area contributed by atoms with Gasteiger partial charge in [0, 0.05) is 37.8 Å². The first-order valence-corrected chi connectivity index (χ1v) is 7.89. The number of rotatable bonds is 2. The van der Waals surface area contributed by atoms with E-state index >= 15 is 0 Å². The van der Waals surface area contributed by atoms with Gasteiger partial charge in [-0.1, -0.05) is 6.42 Å². The highest BCUT2D eigenvalue weighted by molar-refractivity contribution is 7.13. The highest BCUT2D eigenvalue weighted by Crippen LogP contribution is 2.19. The van der Waals surface area contributed by atoms with Gasteiger partial charge in [-0.2, -0.15) is 0 Å². The number of hydrogen-bond donors (Lipinski definition) is 1. The molecule has 0 aliphatic carbocycles. The van der Waals surface area contributed by atoms with Gasteiger partial charge in [0.25, 0.3) is 0 Å². The first kappa shape index (κ1) is 12.9. The van der Waals surface area contributed by atoms with Gasteiger partial charge in [-0.3, -0.25) is 4.79 Å². The smallest absolute Gasteiger partial charge is 0.239 e. The minimum absolute atomic E-state index is 0.0557. The van der Waals surface area contributed by atoms with E-state index in [1.54, 1.807) is 11.3 Å². The summed E-state index contributed by atoms with van der Waals surface area (Å²) in [5.41, 5.74) is 0. The summed E-state index contributed by atoms with van der Waals surface area (Å²) in [4.78, 5) is 21.0. The Labute approximate surface area is 117 Å². The molecule has 0 spiro atoms. The number of anilines is 1. The second-order valence-corrected chi connectivity index (χ2v) is 6.00. The summed E-state index contributed by atoms with van der Waals surface area (Å²) in [6.45, 7) is 4.40. The van der Waals surface area contributed by atoms with Crippen molar-refractivity contribution in [2.75, 3.05) is 37.6 Å². The minimum Gasteiger partial charge on any atom is -0.345 e. The molecule has 1 aromatic rings. The van der Waals surface area contributed by atoms with Gasteiger partial charge >= 0.3 is 0 Å². The topological polar surface area (TPSA) is 48.5 Å². The van der Waals surface area contributed by atoms with Gasteiger partial charge in [-0.15, -0.1) is 11.3 Å². The molecule has 0 aromatic carbocycles. The van der Waals surface area contributed by atoms with Crippen LogP contribution in [0.5, 0.6) is 0 Å². The van der Waals surface area contributed by atoms with Crippen LogP contribution in [0, 0.1) is 0 Å². The number of aromatic nitrogens is 1. The molecule has 1 N–H and O–H groups in total. The maximum atomic E-state index is 12.4. The maximum Gasteiger partial charge on any atom is 0.239 e. The largest absolute Gasteiger partial charge is 0.345 e. The molecule has 2 aliphatic heterocycles. The standard InChI is InChI=1S/C13H20N4OS/c18-12(11-3-1-2-4-14-11)16-6-8-17(9-7-16)13-15-5-10-19-13/h5,10-11,14H,1-4,6-9H2/t11-/m0/s1. The number of amides is 1. The number of hydrogen-bond acceptors (Lipinski definition) is 5. The number of carbonyl (C=O) groups is 1. The lowest BCUT2D eigenvalue weighted by molar-refractivity contribution is -0.134. The quantitative estimate of drug-likeness (QED) is 0.876. The van der Waals surface area contributed by atoms with Crippen LogP contribution in [0.2, 0.25) is 0 Å². The third-order valence-corrected chi connectivity index (χ3v) is 4.72. The average Bonchev–Trinajstić information content (AvgIpc) is 3.02. The Hall–Kier alpha value is -1.14. The lowest BCUT2D eigenvalue weighted by Crippen LogP contribution is -2.55. The van der Waals surface area contributed by atoms with Crippen molar-refractivity contribution in [1.29, 1.82) is 0 Å². The Bertz CT molecular complexity index is 408. The van der Waals surface area contributed by atoms with E-state index in [1.807, 2.05) is 16.5 Å². The van der Waals surface area contributed by atoms with E-state index in [1.165, 1.54) is 12.8 Å². The monoisotopic (exact) mass is 280 g/mol. The fourth-order valence-corrected chi connectivity index (χ4v) is 3.47. The molecule has 1 amide bonds. The highest BCUT2D eigenvalue weighted by atomic mass is 32.1. The Kier molecular flexibility index (Phi) is 3.98. The SMILES string of the molecule is O=C([C@@H]1CCCCN1)N1CCN(c2nccs2)CC1. The predicted octanol–water partition coefficient (Wildman–Crippen LogP) is 0.934. The average molecular weight is 280 g/mol. The fourth-order valence-electron chi connectivity index (χ4n) is 2.77. The molecule has 104 valence electrons. The van der Waals surface area contributed by atoms with E-state index < -0.39 is 0 Å². The lowest BCUT2D eigenvalue weighted by Gasteiger charge is -2.37. The molecule has 3 heterocycles. The molecule has 1 aromatic heterocycles. The summed E-state index contributed by atoms with van der Waals surface area (Å²) in [6, 6.07) is 0.0557. The zero-order chi connectivity index (χ0) is 13.1. The first-order valence-electron chi connectivity index (χ1n) is 7.01. The number of piperazine rings is 1. The van der Waals surface area contributed by atoms with Gasteiger partial charge in [0.2, 0.25) is 5.91 Å². The van der Waals surface area contributed by atoms with Crippen LogP contribution >= 0.6 is 11.3 Å². The molecule has 2 aliphatic rings. The van der Waals surface area contributed by atoms with Crippen LogP contribution in [0.3, 0.4) is 0 Å². The second kappa shape index (κ2) is 5.88. The van der Waals surface area contributed by atoms with Gasteiger partial charge in [-0.25, -0.2) is 4.98 Å². The predicted molar refractivity (Wildman–Crippen MR) is 76.5 cm³/mol. The number of nitrogens with zero attached hydrogens (tertiary/aromatic N) is 3.